The number of amides is 2. The molecule has 0 unspecified atom stereocenters. The van der Waals surface area contributed by atoms with Crippen LogP contribution in [0.5, 0.6) is 0 Å². The molecule has 0 radical (unpaired) electrons. The Morgan fingerprint density at radius 1 is 1.08 bits per heavy atom. The molecular weight excluding hydrogens is 469 g/mol. The van der Waals surface area contributed by atoms with E-state index in [4.69, 9.17) is 10.3 Å². The monoisotopic (exact) mass is 493 g/mol. The van der Waals surface area contributed by atoms with Crippen molar-refractivity contribution in [3.05, 3.63) is 65.6 Å². The summed E-state index contributed by atoms with van der Waals surface area (Å²) in [5.41, 5.74) is 2.20. The second-order valence-corrected chi connectivity index (χ2v) is 10.7. The van der Waals surface area contributed by atoms with Crippen molar-refractivity contribution < 1.29 is 14.0 Å². The van der Waals surface area contributed by atoms with Gasteiger partial charge in [-0.05, 0) is 73.2 Å². The number of fused-ring (bicyclic) bond motifs is 1. The van der Waals surface area contributed by atoms with Gasteiger partial charge in [-0.15, -0.1) is 0 Å². The second kappa shape index (κ2) is 7.94. The number of amidine groups is 1. The van der Waals surface area contributed by atoms with Crippen LogP contribution in [0.25, 0.3) is 22.0 Å². The molecule has 2 aliphatic heterocycles. The Hall–Kier alpha value is -4.12. The van der Waals surface area contributed by atoms with E-state index in [0.29, 0.717) is 60.6 Å². The van der Waals surface area contributed by atoms with Crippen LogP contribution >= 0.6 is 0 Å². The van der Waals surface area contributed by atoms with Crippen molar-refractivity contribution in [3.8, 4) is 17.2 Å². The largest absolute Gasteiger partial charge is 0.342 e. The molecule has 2 saturated carbocycles. The van der Waals surface area contributed by atoms with Crippen LogP contribution in [0.2, 0.25) is 0 Å². The number of carbonyl (C=O) groups is 2. The molecule has 1 spiro atoms. The normalized spacial score (nSPS) is 20.2. The van der Waals surface area contributed by atoms with E-state index in [0.717, 1.165) is 23.8 Å². The van der Waals surface area contributed by atoms with Gasteiger partial charge in [0, 0.05) is 36.9 Å². The number of nitriles is 1. The van der Waals surface area contributed by atoms with Gasteiger partial charge in [0.15, 0.2) is 0 Å². The van der Waals surface area contributed by atoms with Crippen molar-refractivity contribution >= 4 is 28.6 Å². The predicted molar refractivity (Wildman–Crippen MR) is 135 cm³/mol. The number of halogens is 1. The third kappa shape index (κ3) is 3.69. The maximum Gasteiger partial charge on any atom is 0.256 e. The van der Waals surface area contributed by atoms with Crippen molar-refractivity contribution in [2.24, 2.45) is 16.8 Å². The van der Waals surface area contributed by atoms with Gasteiger partial charge in [0.1, 0.15) is 29.0 Å². The van der Waals surface area contributed by atoms with Crippen molar-refractivity contribution in [1.82, 2.24) is 14.8 Å². The van der Waals surface area contributed by atoms with Gasteiger partial charge in [-0.2, -0.15) is 5.26 Å². The highest BCUT2D eigenvalue weighted by molar-refractivity contribution is 6.16. The van der Waals surface area contributed by atoms with Gasteiger partial charge in [0.05, 0.1) is 11.1 Å². The number of pyridine rings is 1. The minimum absolute atomic E-state index is 0.0447. The molecule has 1 saturated heterocycles. The Labute approximate surface area is 213 Å². The minimum atomic E-state index is -0.721. The molecule has 184 valence electrons. The van der Waals surface area contributed by atoms with Gasteiger partial charge in [0.25, 0.3) is 5.91 Å². The Balaban J connectivity index is 1.14. The fraction of sp³-hybridized carbons (Fsp3) is 0.345. The smallest absolute Gasteiger partial charge is 0.256 e. The SMILES string of the molecule is N#Cc1ccc2cc(-c3ccc(C4=NC5(CC5)C(=O)N4CC4CN(C(=O)C5CC5)C4)c(F)c3)ccc2n1. The molecule has 2 amide bonds. The van der Waals surface area contributed by atoms with Gasteiger partial charge in [-0.25, -0.2) is 9.37 Å². The van der Waals surface area contributed by atoms with Crippen LogP contribution in [0.1, 0.15) is 36.9 Å². The molecule has 7 nitrogen and oxygen atoms in total. The molecule has 3 heterocycles. The summed E-state index contributed by atoms with van der Waals surface area (Å²) >= 11 is 0. The van der Waals surface area contributed by atoms with Crippen LogP contribution in [-0.4, -0.2) is 57.6 Å². The first-order valence-electron chi connectivity index (χ1n) is 12.8. The standard InChI is InChI=1S/C29H24FN5O2/c30-24-12-20(19-5-8-25-21(11-19)3-6-22(13-31)32-25)4-7-23(24)26-33-29(9-10-29)28(37)35(26)16-17-14-34(15-17)27(36)18-1-2-18/h3-8,11-12,17-18H,1-2,9-10,14-16H2. The lowest BCUT2D eigenvalue weighted by Crippen LogP contribution is -2.55. The summed E-state index contributed by atoms with van der Waals surface area (Å²) in [6, 6.07) is 16.2. The summed E-state index contributed by atoms with van der Waals surface area (Å²) in [4.78, 5) is 38.1. The first-order valence-corrected chi connectivity index (χ1v) is 12.8. The number of aliphatic imine (C=N–C) groups is 1. The quantitative estimate of drug-likeness (QED) is 0.539. The zero-order valence-corrected chi connectivity index (χ0v) is 20.2. The van der Waals surface area contributed by atoms with Crippen LogP contribution in [-0.2, 0) is 9.59 Å². The Morgan fingerprint density at radius 2 is 1.84 bits per heavy atom. The predicted octanol–water partition coefficient (Wildman–Crippen LogP) is 3.90. The van der Waals surface area contributed by atoms with E-state index in [-0.39, 0.29) is 23.7 Å². The highest BCUT2D eigenvalue weighted by atomic mass is 19.1. The number of carbonyl (C=O) groups excluding carboxylic acids is 2. The summed E-state index contributed by atoms with van der Waals surface area (Å²) in [5.74, 6) is 0.544. The molecule has 37 heavy (non-hydrogen) atoms. The van der Waals surface area contributed by atoms with E-state index in [2.05, 4.69) is 4.98 Å². The van der Waals surface area contributed by atoms with Crippen molar-refractivity contribution in [2.75, 3.05) is 19.6 Å². The Kier molecular flexibility index (Phi) is 4.74. The fourth-order valence-electron chi connectivity index (χ4n) is 5.43. The van der Waals surface area contributed by atoms with Crippen molar-refractivity contribution in [3.63, 3.8) is 0 Å². The van der Waals surface area contributed by atoms with Crippen molar-refractivity contribution in [1.29, 1.82) is 5.26 Å². The maximum absolute atomic E-state index is 15.5. The average molecular weight is 494 g/mol. The summed E-state index contributed by atoms with van der Waals surface area (Å²) in [7, 11) is 0. The van der Waals surface area contributed by atoms with Gasteiger partial charge in [-0.3, -0.25) is 19.5 Å². The zero-order valence-electron chi connectivity index (χ0n) is 20.2. The van der Waals surface area contributed by atoms with Gasteiger partial charge in [0.2, 0.25) is 5.91 Å². The Bertz CT molecular complexity index is 1560. The van der Waals surface area contributed by atoms with E-state index in [1.165, 1.54) is 6.07 Å². The van der Waals surface area contributed by atoms with E-state index in [1.54, 1.807) is 17.0 Å². The van der Waals surface area contributed by atoms with Crippen molar-refractivity contribution in [2.45, 2.75) is 31.2 Å². The van der Waals surface area contributed by atoms with Crippen LogP contribution in [0, 0.1) is 29.0 Å². The lowest BCUT2D eigenvalue weighted by atomic mass is 9.97. The number of nitrogens with zero attached hydrogens (tertiary/aromatic N) is 5. The number of hydrogen-bond acceptors (Lipinski definition) is 5. The molecule has 4 aliphatic rings. The molecule has 2 aliphatic carbocycles. The molecule has 8 heteroatoms. The highest BCUT2D eigenvalue weighted by Gasteiger charge is 2.58. The second-order valence-electron chi connectivity index (χ2n) is 10.7. The lowest BCUT2D eigenvalue weighted by molar-refractivity contribution is -0.139. The molecule has 1 aromatic heterocycles. The van der Waals surface area contributed by atoms with Crippen LogP contribution in [0.4, 0.5) is 4.39 Å². The van der Waals surface area contributed by atoms with Crippen LogP contribution < -0.4 is 0 Å². The fourth-order valence-corrected chi connectivity index (χ4v) is 5.43. The molecule has 2 aromatic carbocycles. The maximum atomic E-state index is 15.5. The van der Waals surface area contributed by atoms with E-state index < -0.39 is 11.4 Å². The zero-order chi connectivity index (χ0) is 25.3. The number of rotatable bonds is 5. The summed E-state index contributed by atoms with van der Waals surface area (Å²) < 4.78 is 15.5. The molecule has 0 N–H and O–H groups in total. The molecular formula is C29H24FN5O2. The van der Waals surface area contributed by atoms with Crippen LogP contribution in [0.3, 0.4) is 0 Å². The molecule has 0 bridgehead atoms. The summed E-state index contributed by atoms with van der Waals surface area (Å²) in [6.45, 7) is 1.75. The van der Waals surface area contributed by atoms with E-state index >= 15 is 4.39 Å². The van der Waals surface area contributed by atoms with Gasteiger partial charge < -0.3 is 4.90 Å². The van der Waals surface area contributed by atoms with Crippen LogP contribution in [0.15, 0.2) is 53.5 Å². The topological polar surface area (TPSA) is 89.7 Å². The number of aromatic nitrogens is 1. The molecule has 0 atom stereocenters. The minimum Gasteiger partial charge on any atom is -0.342 e. The first kappa shape index (κ1) is 22.1. The molecule has 3 aromatic rings. The average Bonchev–Trinajstić information content (AvgIpc) is 3.81. The molecule has 3 fully saturated rings. The molecule has 7 rings (SSSR count). The van der Waals surface area contributed by atoms with E-state index in [9.17, 15) is 9.59 Å². The van der Waals surface area contributed by atoms with Gasteiger partial charge >= 0.3 is 0 Å². The first-order chi connectivity index (χ1) is 17.9. The summed E-state index contributed by atoms with van der Waals surface area (Å²) in [6.07, 6.45) is 3.36. The van der Waals surface area contributed by atoms with Gasteiger partial charge in [-0.1, -0.05) is 12.1 Å². The Morgan fingerprint density at radius 3 is 2.54 bits per heavy atom. The number of hydrogen-bond donors (Lipinski definition) is 0. The third-order valence-corrected chi connectivity index (χ3v) is 7.93. The number of likely N-dealkylation sites (tertiary alicyclic amines) is 1. The highest BCUT2D eigenvalue weighted by Crippen LogP contribution is 2.46. The summed E-state index contributed by atoms with van der Waals surface area (Å²) in [5, 5.41) is 9.93. The lowest BCUT2D eigenvalue weighted by Gasteiger charge is -2.41. The third-order valence-electron chi connectivity index (χ3n) is 7.93. The van der Waals surface area contributed by atoms with E-state index in [1.807, 2.05) is 41.3 Å². The number of benzene rings is 2.